The van der Waals surface area contributed by atoms with Crippen LogP contribution >= 0.6 is 0 Å². The van der Waals surface area contributed by atoms with Crippen LogP contribution in [0.4, 0.5) is 0 Å². The molecule has 4 atom stereocenters. The minimum absolute atomic E-state index is 0.528. The third kappa shape index (κ3) is 2.11. The molecule has 0 aliphatic carbocycles. The van der Waals surface area contributed by atoms with Gasteiger partial charge < -0.3 is 20.1 Å². The quantitative estimate of drug-likeness (QED) is 0.364. The number of nitrogens with zero attached hydrogens (tertiary/aromatic N) is 1. The van der Waals surface area contributed by atoms with Gasteiger partial charge in [-0.1, -0.05) is 0 Å². The predicted octanol–water partition coefficient (Wildman–Crippen LogP) is -3.30. The lowest BCUT2D eigenvalue weighted by Crippen LogP contribution is -2.57. The number of ether oxygens (including phenoxy) is 1. The summed E-state index contributed by atoms with van der Waals surface area (Å²) in [4.78, 5) is 24.7. The van der Waals surface area contributed by atoms with Gasteiger partial charge in [-0.05, 0) is 7.05 Å². The van der Waals surface area contributed by atoms with Crippen molar-refractivity contribution in [3.63, 3.8) is 0 Å². The first kappa shape index (κ1) is 13.9. The highest BCUT2D eigenvalue weighted by Crippen LogP contribution is 2.35. The summed E-state index contributed by atoms with van der Waals surface area (Å²) >= 11 is 0. The average Bonchev–Trinajstić information content (AvgIpc) is 2.63. The third-order valence-electron chi connectivity index (χ3n) is 3.17. The van der Waals surface area contributed by atoms with E-state index in [1.165, 1.54) is 7.05 Å². The molecule has 1 aliphatic rings. The Bertz CT molecular complexity index is 569. The summed E-state index contributed by atoms with van der Waals surface area (Å²) in [6, 6.07) is 1.08. The molecule has 9 heteroatoms. The number of aromatic nitrogens is 2. The molecule has 106 valence electrons. The highest BCUT2D eigenvalue weighted by molar-refractivity contribution is 5.01. The molecule has 1 fully saturated rings. The number of aliphatic hydroxyl groups is 3. The number of aromatic amines is 1. The zero-order chi connectivity index (χ0) is 14.2. The highest BCUT2D eigenvalue weighted by atomic mass is 16.6. The Balaban J connectivity index is 2.48. The van der Waals surface area contributed by atoms with E-state index >= 15 is 0 Å². The van der Waals surface area contributed by atoms with E-state index in [2.05, 4.69) is 5.32 Å². The minimum atomic E-state index is -1.96. The topological polar surface area (TPSA) is 137 Å². The van der Waals surface area contributed by atoms with Crippen LogP contribution in [0.1, 0.15) is 6.23 Å². The van der Waals surface area contributed by atoms with Gasteiger partial charge in [-0.15, -0.1) is 0 Å². The SMILES string of the molecule is CN[C@@]1(O)[C@H](O)[C@@H](CO)O[C@H]1n1ccc(=O)[nH]c1=O. The molecular weight excluding hydrogens is 258 g/mol. The van der Waals surface area contributed by atoms with Gasteiger partial charge in [-0.25, -0.2) is 4.79 Å². The summed E-state index contributed by atoms with van der Waals surface area (Å²) < 4.78 is 6.19. The molecule has 0 bridgehead atoms. The van der Waals surface area contributed by atoms with E-state index in [1.54, 1.807) is 0 Å². The van der Waals surface area contributed by atoms with Gasteiger partial charge >= 0.3 is 5.69 Å². The van der Waals surface area contributed by atoms with Crippen LogP contribution in [-0.4, -0.2) is 56.5 Å². The lowest BCUT2D eigenvalue weighted by Gasteiger charge is -2.30. The van der Waals surface area contributed by atoms with Crippen LogP contribution in [0.25, 0.3) is 0 Å². The Morgan fingerprint density at radius 3 is 2.79 bits per heavy atom. The minimum Gasteiger partial charge on any atom is -0.394 e. The van der Waals surface area contributed by atoms with Crippen LogP contribution in [0.3, 0.4) is 0 Å². The Hall–Kier alpha value is -1.52. The lowest BCUT2D eigenvalue weighted by molar-refractivity contribution is -0.127. The van der Waals surface area contributed by atoms with Gasteiger partial charge in [0.1, 0.15) is 12.2 Å². The zero-order valence-electron chi connectivity index (χ0n) is 10.1. The smallest absolute Gasteiger partial charge is 0.330 e. The first-order chi connectivity index (χ1) is 8.93. The largest absolute Gasteiger partial charge is 0.394 e. The second-order valence-corrected chi connectivity index (χ2v) is 4.25. The first-order valence-corrected chi connectivity index (χ1v) is 5.61. The summed E-state index contributed by atoms with van der Waals surface area (Å²) in [5.41, 5.74) is -3.35. The van der Waals surface area contributed by atoms with Crippen molar-refractivity contribution in [2.24, 2.45) is 0 Å². The predicted molar refractivity (Wildman–Crippen MR) is 62.3 cm³/mol. The number of rotatable bonds is 3. The molecule has 0 unspecified atom stereocenters. The van der Waals surface area contributed by atoms with Crippen LogP contribution in [0.5, 0.6) is 0 Å². The van der Waals surface area contributed by atoms with Gasteiger partial charge in [0.25, 0.3) is 5.56 Å². The zero-order valence-corrected chi connectivity index (χ0v) is 10.1. The normalized spacial score (nSPS) is 34.6. The van der Waals surface area contributed by atoms with Gasteiger partial charge in [0.05, 0.1) is 6.61 Å². The maximum absolute atomic E-state index is 11.7. The molecule has 0 amide bonds. The molecule has 0 saturated carbocycles. The van der Waals surface area contributed by atoms with Crippen molar-refractivity contribution in [3.05, 3.63) is 33.1 Å². The average molecular weight is 273 g/mol. The fourth-order valence-corrected chi connectivity index (χ4v) is 2.08. The van der Waals surface area contributed by atoms with Crippen molar-refractivity contribution in [2.45, 2.75) is 24.2 Å². The molecule has 1 aliphatic heterocycles. The third-order valence-corrected chi connectivity index (χ3v) is 3.17. The first-order valence-electron chi connectivity index (χ1n) is 5.61. The number of likely N-dealkylation sites (N-methyl/N-ethyl adjacent to an activating group) is 1. The summed E-state index contributed by atoms with van der Waals surface area (Å²) in [6.45, 7) is -0.528. The lowest BCUT2D eigenvalue weighted by atomic mass is 10.0. The van der Waals surface area contributed by atoms with Crippen molar-refractivity contribution in [1.29, 1.82) is 0 Å². The molecular formula is C10H15N3O6. The Morgan fingerprint density at radius 2 is 2.26 bits per heavy atom. The molecule has 1 aromatic rings. The summed E-state index contributed by atoms with van der Waals surface area (Å²) in [5.74, 6) is 0. The number of H-pyrrole nitrogens is 1. The molecule has 1 aromatic heterocycles. The number of hydrogen-bond donors (Lipinski definition) is 5. The van der Waals surface area contributed by atoms with Gasteiger partial charge in [0.15, 0.2) is 12.0 Å². The van der Waals surface area contributed by atoms with Gasteiger partial charge in [0.2, 0.25) is 0 Å². The van der Waals surface area contributed by atoms with E-state index in [-0.39, 0.29) is 0 Å². The van der Waals surface area contributed by atoms with E-state index in [0.717, 1.165) is 16.8 Å². The molecule has 9 nitrogen and oxygen atoms in total. The fourth-order valence-electron chi connectivity index (χ4n) is 2.08. The summed E-state index contributed by atoms with van der Waals surface area (Å²) in [5, 5.41) is 31.8. The fraction of sp³-hybridized carbons (Fsp3) is 0.600. The van der Waals surface area contributed by atoms with Crippen molar-refractivity contribution < 1.29 is 20.1 Å². The molecule has 2 heterocycles. The van der Waals surface area contributed by atoms with Crippen molar-refractivity contribution in [3.8, 4) is 0 Å². The molecule has 0 aromatic carbocycles. The van der Waals surface area contributed by atoms with Crippen molar-refractivity contribution >= 4 is 0 Å². The molecule has 2 rings (SSSR count). The highest BCUT2D eigenvalue weighted by Gasteiger charge is 2.55. The van der Waals surface area contributed by atoms with Crippen LogP contribution in [0.15, 0.2) is 21.9 Å². The Labute approximate surface area is 107 Å². The van der Waals surface area contributed by atoms with Gasteiger partial charge in [-0.2, -0.15) is 0 Å². The monoisotopic (exact) mass is 273 g/mol. The van der Waals surface area contributed by atoms with E-state index in [1.807, 2.05) is 4.98 Å². The molecule has 1 saturated heterocycles. The van der Waals surface area contributed by atoms with Crippen molar-refractivity contribution in [2.75, 3.05) is 13.7 Å². The Morgan fingerprint density at radius 1 is 1.58 bits per heavy atom. The maximum atomic E-state index is 11.7. The van der Waals surface area contributed by atoms with E-state index in [0.29, 0.717) is 0 Å². The molecule has 0 radical (unpaired) electrons. The number of aliphatic hydroxyl groups excluding tert-OH is 2. The maximum Gasteiger partial charge on any atom is 0.330 e. The number of hydrogen-bond acceptors (Lipinski definition) is 7. The van der Waals surface area contributed by atoms with E-state index in [9.17, 15) is 19.8 Å². The van der Waals surface area contributed by atoms with Gasteiger partial charge in [0, 0.05) is 12.3 Å². The standard InChI is InChI=1S/C10H15N3O6/c1-11-10(18)7(16)5(4-14)19-8(10)13-3-2-6(15)12-9(13)17/h2-3,5,7-8,11,14,16,18H,4H2,1H3,(H,12,15,17)/t5-,7-,8-,10-/m1/s1. The van der Waals surface area contributed by atoms with Gasteiger partial charge in [-0.3, -0.25) is 19.7 Å². The van der Waals surface area contributed by atoms with Crippen LogP contribution < -0.4 is 16.6 Å². The van der Waals surface area contributed by atoms with Crippen LogP contribution in [0, 0.1) is 0 Å². The number of nitrogens with one attached hydrogen (secondary N) is 2. The summed E-state index contributed by atoms with van der Waals surface area (Å²) in [7, 11) is 1.37. The summed E-state index contributed by atoms with van der Waals surface area (Å²) in [6.07, 6.45) is -2.64. The van der Waals surface area contributed by atoms with E-state index in [4.69, 9.17) is 9.84 Å². The van der Waals surface area contributed by atoms with Crippen molar-refractivity contribution in [1.82, 2.24) is 14.9 Å². The molecule has 19 heavy (non-hydrogen) atoms. The van der Waals surface area contributed by atoms with E-state index < -0.39 is 42.0 Å². The molecule has 5 N–H and O–H groups in total. The Kier molecular flexibility index (Phi) is 3.56. The molecule has 0 spiro atoms. The second-order valence-electron chi connectivity index (χ2n) is 4.25. The van der Waals surface area contributed by atoms with Crippen LogP contribution in [0.2, 0.25) is 0 Å². The van der Waals surface area contributed by atoms with Crippen LogP contribution in [-0.2, 0) is 4.74 Å². The second kappa shape index (κ2) is 4.87.